The molecule has 2 heterocycles. The second-order valence-corrected chi connectivity index (χ2v) is 6.31. The summed E-state index contributed by atoms with van der Waals surface area (Å²) in [7, 11) is 0. The standard InChI is InChI=1S/C18H19N3O6/c1-12-11-27-15(10-16(22)23)17(12)18(24)20-8-6-19(7-9-20)13-4-2-3-5-14(13)21(25)26/h2-5,11H,6-10H2,1H3,(H,22,23). The number of nitrogens with zero attached hydrogens (tertiary/aromatic N) is 3. The van der Waals surface area contributed by atoms with Crippen LogP contribution in [-0.2, 0) is 11.2 Å². The first kappa shape index (κ1) is 18.4. The van der Waals surface area contributed by atoms with Crippen LogP contribution in [0.1, 0.15) is 21.7 Å². The van der Waals surface area contributed by atoms with Gasteiger partial charge in [0.2, 0.25) is 0 Å². The molecule has 1 aromatic heterocycles. The smallest absolute Gasteiger partial charge is 0.311 e. The minimum absolute atomic E-state index is 0.0340. The lowest BCUT2D eigenvalue weighted by Gasteiger charge is -2.35. The number of aliphatic carboxylic acids is 1. The van der Waals surface area contributed by atoms with Crippen LogP contribution in [0, 0.1) is 17.0 Å². The molecule has 0 aliphatic carbocycles. The molecular formula is C18H19N3O6. The predicted octanol–water partition coefficient (Wildman–Crippen LogP) is 2.09. The van der Waals surface area contributed by atoms with Crippen LogP contribution in [0.25, 0.3) is 0 Å². The van der Waals surface area contributed by atoms with Gasteiger partial charge in [-0.3, -0.25) is 19.7 Å². The number of hydrogen-bond donors (Lipinski definition) is 1. The molecule has 9 heteroatoms. The minimum Gasteiger partial charge on any atom is -0.481 e. The van der Waals surface area contributed by atoms with Crippen molar-refractivity contribution in [1.29, 1.82) is 0 Å². The number of hydrogen-bond acceptors (Lipinski definition) is 6. The first-order valence-corrected chi connectivity index (χ1v) is 8.45. The van der Waals surface area contributed by atoms with Crippen molar-refractivity contribution >= 4 is 23.3 Å². The number of nitro groups is 1. The summed E-state index contributed by atoms with van der Waals surface area (Å²) in [5.74, 6) is -1.20. The van der Waals surface area contributed by atoms with Gasteiger partial charge in [-0.05, 0) is 13.0 Å². The molecule has 1 N–H and O–H groups in total. The number of amides is 1. The number of benzene rings is 1. The highest BCUT2D eigenvalue weighted by molar-refractivity contribution is 5.97. The number of anilines is 1. The van der Waals surface area contributed by atoms with Crippen LogP contribution in [0.5, 0.6) is 0 Å². The second-order valence-electron chi connectivity index (χ2n) is 6.31. The van der Waals surface area contributed by atoms with Gasteiger partial charge in [-0.15, -0.1) is 0 Å². The molecule has 0 atom stereocenters. The lowest BCUT2D eigenvalue weighted by molar-refractivity contribution is -0.384. The summed E-state index contributed by atoms with van der Waals surface area (Å²) in [6.45, 7) is 3.35. The van der Waals surface area contributed by atoms with Crippen molar-refractivity contribution in [3.05, 3.63) is 57.5 Å². The van der Waals surface area contributed by atoms with Crippen LogP contribution >= 0.6 is 0 Å². The summed E-state index contributed by atoms with van der Waals surface area (Å²) >= 11 is 0. The van der Waals surface area contributed by atoms with E-state index in [4.69, 9.17) is 9.52 Å². The van der Waals surface area contributed by atoms with E-state index in [9.17, 15) is 19.7 Å². The molecule has 1 aromatic carbocycles. The molecule has 3 rings (SSSR count). The Labute approximate surface area is 154 Å². The van der Waals surface area contributed by atoms with Crippen LogP contribution < -0.4 is 4.90 Å². The van der Waals surface area contributed by atoms with Crippen molar-refractivity contribution in [1.82, 2.24) is 4.90 Å². The number of piperazine rings is 1. The summed E-state index contributed by atoms with van der Waals surface area (Å²) in [5.41, 5.74) is 1.45. The van der Waals surface area contributed by atoms with E-state index in [0.717, 1.165) is 0 Å². The van der Waals surface area contributed by atoms with Crippen LogP contribution in [0.15, 0.2) is 34.9 Å². The summed E-state index contributed by atoms with van der Waals surface area (Å²) in [6, 6.07) is 6.51. The lowest BCUT2D eigenvalue weighted by Crippen LogP contribution is -2.49. The number of para-hydroxylation sites is 2. The molecule has 142 valence electrons. The number of furan rings is 1. The van der Waals surface area contributed by atoms with Gasteiger partial charge in [-0.25, -0.2) is 0 Å². The Hall–Kier alpha value is -3.36. The fourth-order valence-electron chi connectivity index (χ4n) is 3.25. The average molecular weight is 373 g/mol. The quantitative estimate of drug-likeness (QED) is 0.630. The summed E-state index contributed by atoms with van der Waals surface area (Å²) in [6.07, 6.45) is 1.03. The van der Waals surface area contributed by atoms with Gasteiger partial charge in [0.15, 0.2) is 0 Å². The van der Waals surface area contributed by atoms with Crippen LogP contribution in [0.4, 0.5) is 11.4 Å². The zero-order valence-corrected chi connectivity index (χ0v) is 14.8. The van der Waals surface area contributed by atoms with Crippen LogP contribution in [-0.4, -0.2) is 53.0 Å². The van der Waals surface area contributed by atoms with Gasteiger partial charge in [-0.2, -0.15) is 0 Å². The molecule has 0 radical (unpaired) electrons. The molecule has 0 spiro atoms. The Kier molecular flexibility index (Phi) is 5.11. The molecule has 1 fully saturated rings. The van der Waals surface area contributed by atoms with E-state index in [1.54, 1.807) is 30.0 Å². The molecule has 2 aromatic rings. The SMILES string of the molecule is Cc1coc(CC(=O)O)c1C(=O)N1CCN(c2ccccc2[N+](=O)[O-])CC1. The average Bonchev–Trinajstić information content (AvgIpc) is 3.00. The maximum atomic E-state index is 12.8. The molecule has 0 unspecified atom stereocenters. The zero-order chi connectivity index (χ0) is 19.6. The van der Waals surface area contributed by atoms with Crippen molar-refractivity contribution in [2.45, 2.75) is 13.3 Å². The molecule has 0 bridgehead atoms. The molecule has 0 saturated carbocycles. The topological polar surface area (TPSA) is 117 Å². The summed E-state index contributed by atoms with van der Waals surface area (Å²) in [4.78, 5) is 38.1. The molecule has 9 nitrogen and oxygen atoms in total. The number of carboxylic acids is 1. The number of rotatable bonds is 5. The second kappa shape index (κ2) is 7.48. The third-order valence-corrected chi connectivity index (χ3v) is 4.56. The predicted molar refractivity (Wildman–Crippen MR) is 96.0 cm³/mol. The van der Waals surface area contributed by atoms with Crippen molar-refractivity contribution in [3.8, 4) is 0 Å². The fourth-order valence-corrected chi connectivity index (χ4v) is 3.25. The molecular weight excluding hydrogens is 354 g/mol. The first-order valence-electron chi connectivity index (χ1n) is 8.45. The maximum absolute atomic E-state index is 12.8. The van der Waals surface area contributed by atoms with E-state index in [1.807, 2.05) is 4.90 Å². The van der Waals surface area contributed by atoms with E-state index in [0.29, 0.717) is 37.4 Å². The zero-order valence-electron chi connectivity index (χ0n) is 14.8. The lowest BCUT2D eigenvalue weighted by atomic mass is 10.1. The molecule has 1 aliphatic rings. The Morgan fingerprint density at radius 3 is 2.52 bits per heavy atom. The number of aryl methyl sites for hydroxylation is 1. The maximum Gasteiger partial charge on any atom is 0.311 e. The van der Waals surface area contributed by atoms with Gasteiger partial charge in [0.1, 0.15) is 17.9 Å². The van der Waals surface area contributed by atoms with E-state index >= 15 is 0 Å². The van der Waals surface area contributed by atoms with E-state index in [-0.39, 0.29) is 29.3 Å². The fraction of sp³-hybridized carbons (Fsp3) is 0.333. The van der Waals surface area contributed by atoms with E-state index < -0.39 is 10.9 Å². The minimum atomic E-state index is -1.07. The number of carboxylic acid groups (broad SMARTS) is 1. The van der Waals surface area contributed by atoms with Gasteiger partial charge < -0.3 is 19.3 Å². The van der Waals surface area contributed by atoms with Gasteiger partial charge >= 0.3 is 5.97 Å². The highest BCUT2D eigenvalue weighted by atomic mass is 16.6. The van der Waals surface area contributed by atoms with Gasteiger partial charge in [0.25, 0.3) is 11.6 Å². The number of carbonyl (C=O) groups is 2. The third-order valence-electron chi connectivity index (χ3n) is 4.56. The first-order chi connectivity index (χ1) is 12.9. The monoisotopic (exact) mass is 373 g/mol. The normalized spacial score (nSPS) is 14.3. The third kappa shape index (κ3) is 3.76. The van der Waals surface area contributed by atoms with Gasteiger partial charge in [-0.1, -0.05) is 12.1 Å². The summed E-state index contributed by atoms with van der Waals surface area (Å²) < 4.78 is 5.24. The Morgan fingerprint density at radius 1 is 1.22 bits per heavy atom. The van der Waals surface area contributed by atoms with Crippen molar-refractivity contribution in [3.63, 3.8) is 0 Å². The van der Waals surface area contributed by atoms with Crippen molar-refractivity contribution in [2.24, 2.45) is 0 Å². The number of carbonyl (C=O) groups excluding carboxylic acids is 1. The van der Waals surface area contributed by atoms with E-state index in [2.05, 4.69) is 0 Å². The number of nitro benzene ring substituents is 1. The largest absolute Gasteiger partial charge is 0.481 e. The van der Waals surface area contributed by atoms with Crippen LogP contribution in [0.3, 0.4) is 0 Å². The summed E-state index contributed by atoms with van der Waals surface area (Å²) in [5, 5.41) is 20.2. The molecule has 1 saturated heterocycles. The van der Waals surface area contributed by atoms with Crippen molar-refractivity contribution < 1.29 is 24.0 Å². The molecule has 27 heavy (non-hydrogen) atoms. The highest BCUT2D eigenvalue weighted by Crippen LogP contribution is 2.29. The molecule has 1 amide bonds. The van der Waals surface area contributed by atoms with E-state index in [1.165, 1.54) is 12.3 Å². The van der Waals surface area contributed by atoms with Gasteiger partial charge in [0.05, 0.1) is 16.7 Å². The molecule has 1 aliphatic heterocycles. The Morgan fingerprint density at radius 2 is 1.89 bits per heavy atom. The Bertz CT molecular complexity index is 883. The van der Waals surface area contributed by atoms with Crippen molar-refractivity contribution in [2.75, 3.05) is 31.1 Å². The highest BCUT2D eigenvalue weighted by Gasteiger charge is 2.29. The van der Waals surface area contributed by atoms with Gasteiger partial charge in [0, 0.05) is 37.8 Å². The Balaban J connectivity index is 1.73. The van der Waals surface area contributed by atoms with Crippen LogP contribution in [0.2, 0.25) is 0 Å².